The van der Waals surface area contributed by atoms with Gasteiger partial charge in [0.1, 0.15) is 24.7 Å². The first-order valence-electron chi connectivity index (χ1n) is 10.7. The van der Waals surface area contributed by atoms with Gasteiger partial charge in [-0.25, -0.2) is 9.88 Å². The predicted molar refractivity (Wildman–Crippen MR) is 124 cm³/mol. The molecule has 0 aliphatic heterocycles. The maximum absolute atomic E-state index is 13.4. The molecule has 10 heteroatoms. The zero-order chi connectivity index (χ0) is 24.1. The minimum absolute atomic E-state index is 0.131. The third kappa shape index (κ3) is 10.1. The topological polar surface area (TPSA) is 112 Å². The van der Waals surface area contributed by atoms with E-state index in [1.807, 2.05) is 30.3 Å². The summed E-state index contributed by atoms with van der Waals surface area (Å²) in [5, 5.41) is 5.31. The Balaban J connectivity index is 1.87. The highest BCUT2D eigenvalue weighted by Crippen LogP contribution is 2.43. The van der Waals surface area contributed by atoms with E-state index >= 15 is 0 Å². The Kier molecular flexibility index (Phi) is 10.9. The molecule has 1 amide bonds. The molecule has 0 saturated carbocycles. The number of carbonyl (C=O) groups excluding carboxylic acids is 2. The van der Waals surface area contributed by atoms with Gasteiger partial charge in [0.15, 0.2) is 0 Å². The number of nitrogens with one attached hydrogen (secondary N) is 2. The third-order valence-corrected chi connectivity index (χ3v) is 6.08. The summed E-state index contributed by atoms with van der Waals surface area (Å²) in [5.74, 6) is -0.187. The summed E-state index contributed by atoms with van der Waals surface area (Å²) in [6.07, 6.45) is -1.41. The maximum atomic E-state index is 13.4. The molecule has 0 bridgehead atoms. The molecule has 3 atom stereocenters. The average molecular weight is 478 g/mol. The second-order valence-electron chi connectivity index (χ2n) is 7.23. The van der Waals surface area contributed by atoms with Crippen molar-refractivity contribution in [1.82, 2.24) is 10.4 Å². The lowest BCUT2D eigenvalue weighted by Crippen LogP contribution is -2.37. The van der Waals surface area contributed by atoms with Crippen molar-refractivity contribution in [2.45, 2.75) is 39.5 Å². The van der Waals surface area contributed by atoms with Gasteiger partial charge >= 0.3 is 19.6 Å². The van der Waals surface area contributed by atoms with Crippen LogP contribution in [0.1, 0.15) is 26.3 Å². The first-order valence-corrected chi connectivity index (χ1v) is 12.5. The van der Waals surface area contributed by atoms with Gasteiger partial charge in [-0.1, -0.05) is 48.5 Å². The van der Waals surface area contributed by atoms with Gasteiger partial charge in [-0.2, -0.15) is 0 Å². The number of carbonyl (C=O) groups is 2. The fourth-order valence-electron chi connectivity index (χ4n) is 2.64. The molecular weight excluding hydrogens is 447 g/mol. The van der Waals surface area contributed by atoms with Crippen molar-refractivity contribution in [1.29, 1.82) is 0 Å². The van der Waals surface area contributed by atoms with Gasteiger partial charge in [0, 0.05) is 6.54 Å². The lowest BCUT2D eigenvalue weighted by Gasteiger charge is -2.25. The van der Waals surface area contributed by atoms with Crippen molar-refractivity contribution in [2.24, 2.45) is 0 Å². The monoisotopic (exact) mass is 478 g/mol. The molecule has 0 saturated heterocycles. The summed E-state index contributed by atoms with van der Waals surface area (Å²) in [7, 11) is -3.65. The lowest BCUT2D eigenvalue weighted by atomic mass is 10.2. The van der Waals surface area contributed by atoms with Gasteiger partial charge < -0.3 is 24.1 Å². The van der Waals surface area contributed by atoms with E-state index in [1.54, 1.807) is 44.2 Å². The Morgan fingerprint density at radius 3 is 2.24 bits per heavy atom. The molecule has 0 aromatic heterocycles. The molecular formula is C23H31N2O7P. The Morgan fingerprint density at radius 1 is 0.970 bits per heavy atom. The molecule has 2 rings (SSSR count). The second kappa shape index (κ2) is 13.6. The van der Waals surface area contributed by atoms with Crippen LogP contribution < -0.4 is 14.9 Å². The van der Waals surface area contributed by atoms with Crippen molar-refractivity contribution in [3.8, 4) is 5.75 Å². The molecule has 180 valence electrons. The SMILES string of the molecule is CCOC(=O)[C@@H](C)NP(=O)(CO[C@H](C)CNC(=O)OCc1ccccc1)Oc1ccccc1. The number of alkyl carbamates (subject to hydrolysis) is 1. The molecule has 2 aromatic rings. The molecule has 0 aliphatic carbocycles. The standard InChI is InChI=1S/C23H31N2O7P/c1-4-29-22(26)19(3)25-33(28,32-21-13-9-6-10-14-21)17-31-18(2)15-24-23(27)30-16-20-11-7-5-8-12-20/h5-14,18-19H,4,15-17H2,1-3H3,(H,24,27)(H,25,28)/t18-,19-,33?/m1/s1. The number of ether oxygens (including phenoxy) is 3. The van der Waals surface area contributed by atoms with Crippen LogP contribution in [0.5, 0.6) is 5.75 Å². The number of para-hydroxylation sites is 1. The normalized spacial score (nSPS) is 14.4. The van der Waals surface area contributed by atoms with Crippen molar-refractivity contribution in [3.63, 3.8) is 0 Å². The van der Waals surface area contributed by atoms with Crippen molar-refractivity contribution in [2.75, 3.05) is 19.5 Å². The van der Waals surface area contributed by atoms with Crippen LogP contribution in [-0.2, 0) is 30.2 Å². The highest BCUT2D eigenvalue weighted by atomic mass is 31.2. The van der Waals surface area contributed by atoms with Gasteiger partial charge in [0.05, 0.1) is 12.7 Å². The fraction of sp³-hybridized carbons (Fsp3) is 0.391. The number of benzene rings is 2. The summed E-state index contributed by atoms with van der Waals surface area (Å²) in [6.45, 7) is 5.41. The molecule has 2 aromatic carbocycles. The molecule has 33 heavy (non-hydrogen) atoms. The van der Waals surface area contributed by atoms with Crippen LogP contribution >= 0.6 is 7.52 Å². The van der Waals surface area contributed by atoms with Gasteiger partial charge in [0.25, 0.3) is 0 Å². The predicted octanol–water partition coefficient (Wildman–Crippen LogP) is 4.09. The maximum Gasteiger partial charge on any atom is 0.407 e. The number of hydrogen-bond acceptors (Lipinski definition) is 7. The van der Waals surface area contributed by atoms with Crippen LogP contribution in [0.15, 0.2) is 60.7 Å². The fourth-order valence-corrected chi connectivity index (χ4v) is 4.43. The number of rotatable bonds is 13. The number of amides is 1. The van der Waals surface area contributed by atoms with Gasteiger partial charge in [-0.15, -0.1) is 0 Å². The van der Waals surface area contributed by atoms with E-state index in [0.717, 1.165) is 5.56 Å². The quantitative estimate of drug-likeness (QED) is 0.327. The summed E-state index contributed by atoms with van der Waals surface area (Å²) in [4.78, 5) is 23.9. The molecule has 0 radical (unpaired) electrons. The van der Waals surface area contributed by atoms with E-state index in [1.165, 1.54) is 6.92 Å². The summed E-state index contributed by atoms with van der Waals surface area (Å²) in [5.41, 5.74) is 0.873. The molecule has 0 spiro atoms. The Bertz CT molecular complexity index is 912. The first-order chi connectivity index (χ1) is 15.8. The van der Waals surface area contributed by atoms with Crippen LogP contribution in [0.4, 0.5) is 4.79 Å². The Hall–Kier alpha value is -2.87. The summed E-state index contributed by atoms with van der Waals surface area (Å²) in [6, 6.07) is 17.0. The molecule has 9 nitrogen and oxygen atoms in total. The van der Waals surface area contributed by atoms with E-state index in [0.29, 0.717) is 5.75 Å². The largest absolute Gasteiger partial charge is 0.465 e. The van der Waals surface area contributed by atoms with E-state index in [-0.39, 0.29) is 26.1 Å². The molecule has 1 unspecified atom stereocenters. The van der Waals surface area contributed by atoms with Gasteiger partial charge in [0.2, 0.25) is 0 Å². The van der Waals surface area contributed by atoms with Crippen molar-refractivity contribution >= 4 is 19.6 Å². The van der Waals surface area contributed by atoms with Crippen molar-refractivity contribution < 1.29 is 32.9 Å². The molecule has 0 aliphatic rings. The minimum atomic E-state index is -3.65. The highest BCUT2D eigenvalue weighted by molar-refractivity contribution is 7.57. The van der Waals surface area contributed by atoms with E-state index in [2.05, 4.69) is 10.4 Å². The summed E-state index contributed by atoms with van der Waals surface area (Å²) >= 11 is 0. The number of esters is 1. The van der Waals surface area contributed by atoms with Crippen LogP contribution in [0.3, 0.4) is 0 Å². The zero-order valence-corrected chi connectivity index (χ0v) is 20.0. The van der Waals surface area contributed by atoms with E-state index < -0.39 is 31.7 Å². The average Bonchev–Trinajstić information content (AvgIpc) is 2.81. The third-order valence-electron chi connectivity index (χ3n) is 4.30. The smallest absolute Gasteiger partial charge is 0.407 e. The van der Waals surface area contributed by atoms with E-state index in [4.69, 9.17) is 18.7 Å². The Labute approximate surface area is 194 Å². The van der Waals surface area contributed by atoms with Crippen LogP contribution in [0.25, 0.3) is 0 Å². The van der Waals surface area contributed by atoms with Gasteiger partial charge in [-0.05, 0) is 38.5 Å². The minimum Gasteiger partial charge on any atom is -0.465 e. The molecule has 0 fully saturated rings. The first kappa shape index (κ1) is 26.4. The van der Waals surface area contributed by atoms with Gasteiger partial charge in [-0.3, -0.25) is 9.36 Å². The van der Waals surface area contributed by atoms with Crippen LogP contribution in [0.2, 0.25) is 0 Å². The number of hydrogen-bond donors (Lipinski definition) is 2. The molecule has 0 heterocycles. The Morgan fingerprint density at radius 2 is 1.61 bits per heavy atom. The van der Waals surface area contributed by atoms with Crippen LogP contribution in [0, 0.1) is 0 Å². The van der Waals surface area contributed by atoms with Crippen molar-refractivity contribution in [3.05, 3.63) is 66.2 Å². The lowest BCUT2D eigenvalue weighted by molar-refractivity contribution is -0.144. The zero-order valence-electron chi connectivity index (χ0n) is 19.1. The van der Waals surface area contributed by atoms with E-state index in [9.17, 15) is 14.2 Å². The highest BCUT2D eigenvalue weighted by Gasteiger charge is 2.31. The second-order valence-corrected chi connectivity index (χ2v) is 9.28. The summed E-state index contributed by atoms with van der Waals surface area (Å²) < 4.78 is 34.9. The van der Waals surface area contributed by atoms with Crippen LogP contribution in [-0.4, -0.2) is 43.7 Å². The molecule has 2 N–H and O–H groups in total.